The van der Waals surface area contributed by atoms with Crippen molar-refractivity contribution in [3.8, 4) is 27.9 Å². The SMILES string of the molecule is Cc1cc(-c2cccc3cc([C@H](C)Nc4nc(N)ncc4-c4ccccc4)n(-c4ccccc4)c(=O)c23)ccn1. The summed E-state index contributed by atoms with van der Waals surface area (Å²) in [6.45, 7) is 3.97. The van der Waals surface area contributed by atoms with Gasteiger partial charge in [0, 0.05) is 35.0 Å². The van der Waals surface area contributed by atoms with Crippen molar-refractivity contribution in [3.05, 3.63) is 131 Å². The molecule has 0 aliphatic carbocycles. The molecule has 40 heavy (non-hydrogen) atoms. The Morgan fingerprint density at radius 3 is 2.33 bits per heavy atom. The van der Waals surface area contributed by atoms with Crippen LogP contribution in [-0.4, -0.2) is 19.5 Å². The zero-order chi connectivity index (χ0) is 27.6. The number of nitrogens with one attached hydrogen (secondary N) is 1. The lowest BCUT2D eigenvalue weighted by Gasteiger charge is -2.23. The van der Waals surface area contributed by atoms with Gasteiger partial charge in [-0.3, -0.25) is 14.3 Å². The maximum atomic E-state index is 14.4. The number of para-hydroxylation sites is 1. The van der Waals surface area contributed by atoms with E-state index >= 15 is 0 Å². The highest BCUT2D eigenvalue weighted by atomic mass is 16.1. The largest absolute Gasteiger partial charge is 0.368 e. The number of aromatic nitrogens is 4. The van der Waals surface area contributed by atoms with Crippen LogP contribution in [0.1, 0.15) is 24.4 Å². The molecule has 0 saturated heterocycles. The van der Waals surface area contributed by atoms with Crippen LogP contribution in [-0.2, 0) is 0 Å². The van der Waals surface area contributed by atoms with Crippen molar-refractivity contribution >= 4 is 22.5 Å². The summed E-state index contributed by atoms with van der Waals surface area (Å²) in [5.74, 6) is 0.769. The smallest absolute Gasteiger partial charge is 0.263 e. The number of benzene rings is 3. The fourth-order valence-electron chi connectivity index (χ4n) is 5.11. The molecule has 6 rings (SSSR count). The van der Waals surface area contributed by atoms with Gasteiger partial charge in [-0.15, -0.1) is 0 Å². The Hall–Kier alpha value is -5.30. The Balaban J connectivity index is 1.54. The van der Waals surface area contributed by atoms with Gasteiger partial charge in [0.15, 0.2) is 0 Å². The highest BCUT2D eigenvalue weighted by molar-refractivity contribution is 5.96. The number of hydrogen-bond donors (Lipinski definition) is 2. The maximum absolute atomic E-state index is 14.4. The molecule has 7 nitrogen and oxygen atoms in total. The molecule has 3 aromatic carbocycles. The van der Waals surface area contributed by atoms with Gasteiger partial charge in [-0.05, 0) is 66.3 Å². The number of nitrogens with zero attached hydrogens (tertiary/aromatic N) is 4. The van der Waals surface area contributed by atoms with E-state index in [1.54, 1.807) is 17.0 Å². The molecule has 0 fully saturated rings. The summed E-state index contributed by atoms with van der Waals surface area (Å²) in [5.41, 5.74) is 12.0. The summed E-state index contributed by atoms with van der Waals surface area (Å²) in [4.78, 5) is 27.5. The third-order valence-electron chi connectivity index (χ3n) is 6.99. The Kier molecular flexibility index (Phi) is 6.54. The molecule has 0 bridgehead atoms. The van der Waals surface area contributed by atoms with E-state index in [0.717, 1.165) is 44.7 Å². The van der Waals surface area contributed by atoms with E-state index in [1.807, 2.05) is 105 Å². The minimum Gasteiger partial charge on any atom is -0.368 e. The molecule has 196 valence electrons. The van der Waals surface area contributed by atoms with Crippen molar-refractivity contribution in [2.45, 2.75) is 19.9 Å². The third kappa shape index (κ3) is 4.69. The molecule has 3 N–H and O–H groups in total. The molecule has 7 heteroatoms. The molecule has 0 radical (unpaired) electrons. The van der Waals surface area contributed by atoms with E-state index in [2.05, 4.69) is 26.3 Å². The fraction of sp³-hybridized carbons (Fsp3) is 0.0909. The lowest BCUT2D eigenvalue weighted by Crippen LogP contribution is -2.26. The Morgan fingerprint density at radius 2 is 1.57 bits per heavy atom. The topological polar surface area (TPSA) is 98.7 Å². The maximum Gasteiger partial charge on any atom is 0.263 e. The quantitative estimate of drug-likeness (QED) is 0.256. The normalized spacial score (nSPS) is 11.8. The summed E-state index contributed by atoms with van der Waals surface area (Å²) in [5, 5.41) is 5.04. The number of aryl methyl sites for hydroxylation is 1. The predicted molar refractivity (Wildman–Crippen MR) is 161 cm³/mol. The molecular weight excluding hydrogens is 496 g/mol. The van der Waals surface area contributed by atoms with Crippen LogP contribution in [0.15, 0.2) is 114 Å². The van der Waals surface area contributed by atoms with Crippen LogP contribution in [0.2, 0.25) is 0 Å². The second-order valence-corrected chi connectivity index (χ2v) is 9.72. The first-order chi connectivity index (χ1) is 19.5. The molecule has 0 amide bonds. The average Bonchev–Trinajstić information content (AvgIpc) is 2.97. The molecule has 3 aromatic heterocycles. The molecule has 6 aromatic rings. The third-order valence-corrected chi connectivity index (χ3v) is 6.99. The number of nitrogens with two attached hydrogens (primary N) is 1. The van der Waals surface area contributed by atoms with Gasteiger partial charge in [-0.2, -0.15) is 4.98 Å². The van der Waals surface area contributed by atoms with Gasteiger partial charge in [0.1, 0.15) is 5.82 Å². The van der Waals surface area contributed by atoms with Gasteiger partial charge in [0.05, 0.1) is 11.4 Å². The monoisotopic (exact) mass is 524 g/mol. The van der Waals surface area contributed by atoms with E-state index in [1.165, 1.54) is 0 Å². The zero-order valence-corrected chi connectivity index (χ0v) is 22.2. The van der Waals surface area contributed by atoms with Gasteiger partial charge in [0.2, 0.25) is 5.95 Å². The number of fused-ring (bicyclic) bond motifs is 1. The summed E-state index contributed by atoms with van der Waals surface area (Å²) in [6, 6.07) is 31.3. The lowest BCUT2D eigenvalue weighted by molar-refractivity contribution is 0.773. The van der Waals surface area contributed by atoms with Crippen molar-refractivity contribution in [3.63, 3.8) is 0 Å². The van der Waals surface area contributed by atoms with Crippen LogP contribution < -0.4 is 16.6 Å². The van der Waals surface area contributed by atoms with E-state index < -0.39 is 0 Å². The molecular formula is C33H28N6O. The molecule has 0 spiro atoms. The predicted octanol–water partition coefficient (Wildman–Crippen LogP) is 6.57. The molecule has 0 aliphatic rings. The second-order valence-electron chi connectivity index (χ2n) is 9.72. The molecule has 3 heterocycles. The van der Waals surface area contributed by atoms with Gasteiger partial charge >= 0.3 is 0 Å². The zero-order valence-electron chi connectivity index (χ0n) is 22.2. The van der Waals surface area contributed by atoms with Crippen molar-refractivity contribution in [1.29, 1.82) is 0 Å². The van der Waals surface area contributed by atoms with Crippen LogP contribution in [0, 0.1) is 6.92 Å². The first-order valence-electron chi connectivity index (χ1n) is 13.1. The van der Waals surface area contributed by atoms with Crippen LogP contribution in [0.3, 0.4) is 0 Å². The summed E-state index contributed by atoms with van der Waals surface area (Å²) in [6.07, 6.45) is 3.50. The van der Waals surface area contributed by atoms with Crippen LogP contribution in [0.5, 0.6) is 0 Å². The van der Waals surface area contributed by atoms with Gasteiger partial charge < -0.3 is 11.1 Å². The standard InChI is InChI=1S/C33H28N6O/c1-21-18-24(16-17-35-21)27-15-9-12-25-19-29(39(32(40)30(25)27)26-13-7-4-8-14-26)22(2)37-31-28(20-36-33(34)38-31)23-10-5-3-6-11-23/h3-20,22H,1-2H3,(H3,34,36,37,38)/t22-/m0/s1. The van der Waals surface area contributed by atoms with Crippen LogP contribution in [0.4, 0.5) is 11.8 Å². The summed E-state index contributed by atoms with van der Waals surface area (Å²) in [7, 11) is 0. The Morgan fingerprint density at radius 1 is 0.825 bits per heavy atom. The number of nitrogen functional groups attached to an aromatic ring is 1. The highest BCUT2D eigenvalue weighted by Gasteiger charge is 2.20. The number of hydrogen-bond acceptors (Lipinski definition) is 6. The van der Waals surface area contributed by atoms with Crippen LogP contribution in [0.25, 0.3) is 38.7 Å². The minimum absolute atomic E-state index is 0.0945. The van der Waals surface area contributed by atoms with E-state index in [-0.39, 0.29) is 17.5 Å². The number of rotatable bonds is 6. The van der Waals surface area contributed by atoms with Gasteiger partial charge in [-0.25, -0.2) is 4.98 Å². The molecule has 0 aliphatic heterocycles. The van der Waals surface area contributed by atoms with Crippen molar-refractivity contribution < 1.29 is 0 Å². The second kappa shape index (κ2) is 10.5. The van der Waals surface area contributed by atoms with E-state index in [4.69, 9.17) is 5.73 Å². The van der Waals surface area contributed by atoms with Crippen LogP contribution >= 0.6 is 0 Å². The molecule has 1 atom stereocenters. The Labute approximate surface area is 232 Å². The lowest BCUT2D eigenvalue weighted by atomic mass is 9.98. The van der Waals surface area contributed by atoms with Gasteiger partial charge in [-0.1, -0.05) is 66.7 Å². The fourth-order valence-corrected chi connectivity index (χ4v) is 5.11. The van der Waals surface area contributed by atoms with E-state index in [0.29, 0.717) is 11.2 Å². The molecule has 0 unspecified atom stereocenters. The number of pyridine rings is 2. The number of anilines is 2. The van der Waals surface area contributed by atoms with Crippen molar-refractivity contribution in [1.82, 2.24) is 19.5 Å². The summed E-state index contributed by atoms with van der Waals surface area (Å²) >= 11 is 0. The highest BCUT2D eigenvalue weighted by Crippen LogP contribution is 2.32. The van der Waals surface area contributed by atoms with Crippen molar-refractivity contribution in [2.24, 2.45) is 0 Å². The first kappa shape index (κ1) is 25.0. The Bertz CT molecular complexity index is 1880. The molecule has 0 saturated carbocycles. The first-order valence-corrected chi connectivity index (χ1v) is 13.1. The minimum atomic E-state index is -0.305. The van der Waals surface area contributed by atoms with Crippen molar-refractivity contribution in [2.75, 3.05) is 11.1 Å². The van der Waals surface area contributed by atoms with E-state index in [9.17, 15) is 4.79 Å². The average molecular weight is 525 g/mol. The van der Waals surface area contributed by atoms with Gasteiger partial charge in [0.25, 0.3) is 5.56 Å². The summed E-state index contributed by atoms with van der Waals surface area (Å²) < 4.78 is 1.78.